The number of hydrogen-bond acceptors (Lipinski definition) is 7. The van der Waals surface area contributed by atoms with E-state index in [9.17, 15) is 26.4 Å². The zero-order chi connectivity index (χ0) is 23.4. The highest BCUT2D eigenvalue weighted by Crippen LogP contribution is 2.43. The van der Waals surface area contributed by atoms with E-state index in [1.54, 1.807) is 4.90 Å². The predicted molar refractivity (Wildman–Crippen MR) is 111 cm³/mol. The molecule has 1 aromatic heterocycles. The molecule has 176 valence electrons. The van der Waals surface area contributed by atoms with Crippen LogP contribution < -0.4 is 10.1 Å². The summed E-state index contributed by atoms with van der Waals surface area (Å²) in [5.41, 5.74) is 1.40. The molecule has 0 bridgehead atoms. The van der Waals surface area contributed by atoms with Crippen LogP contribution in [0.3, 0.4) is 0 Å². The number of amides is 1. The van der Waals surface area contributed by atoms with Gasteiger partial charge in [0.15, 0.2) is 9.84 Å². The van der Waals surface area contributed by atoms with Gasteiger partial charge in [0.05, 0.1) is 17.1 Å². The largest absolute Gasteiger partial charge is 0.573 e. The third-order valence-corrected chi connectivity index (χ3v) is 8.12. The Morgan fingerprint density at radius 1 is 1.15 bits per heavy atom. The van der Waals surface area contributed by atoms with Crippen molar-refractivity contribution in [3.8, 4) is 5.75 Å². The van der Waals surface area contributed by atoms with Gasteiger partial charge in [0.1, 0.15) is 5.75 Å². The molecule has 33 heavy (non-hydrogen) atoms. The van der Waals surface area contributed by atoms with Crippen molar-refractivity contribution in [2.45, 2.75) is 31.7 Å². The van der Waals surface area contributed by atoms with E-state index in [2.05, 4.69) is 20.0 Å². The first-order valence-corrected chi connectivity index (χ1v) is 12.3. The maximum Gasteiger partial charge on any atom is 0.573 e. The Morgan fingerprint density at radius 3 is 2.39 bits per heavy atom. The Kier molecular flexibility index (Phi) is 5.03. The van der Waals surface area contributed by atoms with E-state index < -0.39 is 16.2 Å². The Hall–Kier alpha value is -2.89. The molecule has 3 aliphatic rings. The van der Waals surface area contributed by atoms with Crippen molar-refractivity contribution >= 4 is 21.7 Å². The minimum Gasteiger partial charge on any atom is -0.406 e. The molecule has 1 N–H and O–H groups in total. The minimum atomic E-state index is -4.76. The molecule has 0 atom stereocenters. The number of rotatable bonds is 6. The van der Waals surface area contributed by atoms with Crippen LogP contribution in [0.1, 0.15) is 40.2 Å². The van der Waals surface area contributed by atoms with Gasteiger partial charge in [-0.05, 0) is 42.0 Å². The van der Waals surface area contributed by atoms with Gasteiger partial charge in [-0.1, -0.05) is 6.07 Å². The number of nitrogens with zero attached hydrogens (tertiary/aromatic N) is 3. The highest BCUT2D eigenvalue weighted by Gasteiger charge is 2.57. The first-order chi connectivity index (χ1) is 15.5. The Balaban J connectivity index is 1.19. The molecule has 3 fully saturated rings. The third kappa shape index (κ3) is 4.90. The molecule has 1 amide bonds. The lowest BCUT2D eigenvalue weighted by Gasteiger charge is -2.54. The summed E-state index contributed by atoms with van der Waals surface area (Å²) in [6.07, 6.45) is -0.136. The molecule has 12 heteroatoms. The molecule has 1 spiro atoms. The number of carbonyl (C=O) groups is 1. The molecule has 0 radical (unpaired) electrons. The van der Waals surface area contributed by atoms with Gasteiger partial charge >= 0.3 is 6.36 Å². The number of anilines is 1. The Morgan fingerprint density at radius 2 is 1.82 bits per heavy atom. The summed E-state index contributed by atoms with van der Waals surface area (Å²) in [5.74, 6) is 0.219. The van der Waals surface area contributed by atoms with E-state index in [0.29, 0.717) is 18.7 Å². The molecule has 3 heterocycles. The molecular weight excluding hydrogens is 461 g/mol. The molecule has 2 aliphatic heterocycles. The summed E-state index contributed by atoms with van der Waals surface area (Å²) < 4.78 is 64.8. The summed E-state index contributed by atoms with van der Waals surface area (Å²) in [4.78, 5) is 22.4. The fraction of sp³-hybridized carbons (Fsp3) is 0.476. The van der Waals surface area contributed by atoms with Crippen molar-refractivity contribution in [3.05, 3.63) is 47.3 Å². The van der Waals surface area contributed by atoms with E-state index in [1.807, 2.05) is 6.07 Å². The van der Waals surface area contributed by atoms with Gasteiger partial charge in [0, 0.05) is 37.4 Å². The van der Waals surface area contributed by atoms with Crippen molar-refractivity contribution in [1.29, 1.82) is 0 Å². The number of sulfone groups is 1. The molecule has 2 saturated heterocycles. The van der Waals surface area contributed by atoms with E-state index in [4.69, 9.17) is 0 Å². The topological polar surface area (TPSA) is 101 Å². The standard InChI is InChI=1S/C21H21F3N4O4S/c22-21(23,24)32-17-4-13(3-15(5-17)14-1-2-14)6-25-19-26-7-16(8-27-19)18(29)28-9-20(10-28)11-33(30,31)12-20/h3-5,7-8,14H,1-2,6,9-12H2,(H,25,26,27). The number of carbonyl (C=O) groups excluding carboxylic acids is 1. The lowest BCUT2D eigenvalue weighted by molar-refractivity contribution is -0.274. The lowest BCUT2D eigenvalue weighted by Crippen LogP contribution is -2.69. The fourth-order valence-electron chi connectivity index (χ4n) is 4.51. The summed E-state index contributed by atoms with van der Waals surface area (Å²) in [5, 5.41) is 2.95. The van der Waals surface area contributed by atoms with Crippen LogP contribution >= 0.6 is 0 Å². The molecule has 2 aromatic rings. The van der Waals surface area contributed by atoms with Gasteiger partial charge in [-0.25, -0.2) is 18.4 Å². The van der Waals surface area contributed by atoms with Gasteiger partial charge in [0.2, 0.25) is 5.95 Å². The number of benzene rings is 1. The van der Waals surface area contributed by atoms with Crippen LogP contribution in [0.4, 0.5) is 19.1 Å². The van der Waals surface area contributed by atoms with E-state index in [-0.39, 0.29) is 52.6 Å². The zero-order valence-corrected chi connectivity index (χ0v) is 18.2. The first-order valence-electron chi connectivity index (χ1n) is 10.4. The minimum absolute atomic E-state index is 0.126. The third-order valence-electron chi connectivity index (χ3n) is 6.01. The maximum atomic E-state index is 12.6. The fourth-order valence-corrected chi connectivity index (χ4v) is 6.65. The van der Waals surface area contributed by atoms with Crippen molar-refractivity contribution in [2.75, 3.05) is 29.9 Å². The van der Waals surface area contributed by atoms with Gasteiger partial charge in [-0.15, -0.1) is 13.2 Å². The average Bonchev–Trinajstić information content (AvgIpc) is 3.52. The Bertz CT molecular complexity index is 1180. The Labute approximate surface area is 188 Å². The number of halogens is 3. The van der Waals surface area contributed by atoms with Crippen molar-refractivity contribution < 1.29 is 31.1 Å². The first kappa shape index (κ1) is 21.9. The molecule has 1 saturated carbocycles. The zero-order valence-electron chi connectivity index (χ0n) is 17.4. The molecule has 0 unspecified atom stereocenters. The lowest BCUT2D eigenvalue weighted by atomic mass is 9.82. The monoisotopic (exact) mass is 482 g/mol. The molecule has 1 aliphatic carbocycles. The van der Waals surface area contributed by atoms with E-state index >= 15 is 0 Å². The number of likely N-dealkylation sites (tertiary alicyclic amines) is 1. The van der Waals surface area contributed by atoms with Crippen LogP contribution in [0.15, 0.2) is 30.6 Å². The van der Waals surface area contributed by atoms with E-state index in [0.717, 1.165) is 18.4 Å². The van der Waals surface area contributed by atoms with Gasteiger partial charge in [-0.2, -0.15) is 0 Å². The number of aromatic nitrogens is 2. The summed E-state index contributed by atoms with van der Waals surface area (Å²) in [6.45, 7) is 1.00. The number of alkyl halides is 3. The molecule has 5 rings (SSSR count). The summed E-state index contributed by atoms with van der Waals surface area (Å²) in [7, 11) is -2.95. The smallest absolute Gasteiger partial charge is 0.406 e. The predicted octanol–water partition coefficient (Wildman–Crippen LogP) is 2.74. The van der Waals surface area contributed by atoms with Crippen molar-refractivity contribution in [1.82, 2.24) is 14.9 Å². The van der Waals surface area contributed by atoms with Gasteiger partial charge in [-0.3, -0.25) is 4.79 Å². The summed E-state index contributed by atoms with van der Waals surface area (Å²) >= 11 is 0. The van der Waals surface area contributed by atoms with Crippen LogP contribution in [0.2, 0.25) is 0 Å². The normalized spacial score (nSPS) is 20.6. The van der Waals surface area contributed by atoms with Crippen LogP contribution in [-0.2, 0) is 16.4 Å². The van der Waals surface area contributed by atoms with Gasteiger partial charge in [0.25, 0.3) is 5.91 Å². The van der Waals surface area contributed by atoms with Crippen LogP contribution in [0, 0.1) is 5.41 Å². The molecular formula is C21H21F3N4O4S. The maximum absolute atomic E-state index is 12.6. The van der Waals surface area contributed by atoms with Crippen LogP contribution in [0.25, 0.3) is 0 Å². The van der Waals surface area contributed by atoms with Gasteiger partial charge < -0.3 is 15.0 Å². The number of ether oxygens (including phenoxy) is 1. The molecule has 1 aromatic carbocycles. The SMILES string of the molecule is O=C(c1cnc(NCc2cc(OC(F)(F)F)cc(C3CC3)c2)nc1)N1CC2(C1)CS(=O)(=O)C2. The molecule has 8 nitrogen and oxygen atoms in total. The quantitative estimate of drug-likeness (QED) is 0.676. The average molecular weight is 482 g/mol. The second kappa shape index (κ2) is 7.57. The second-order valence-corrected chi connectivity index (χ2v) is 11.1. The second-order valence-electron chi connectivity index (χ2n) is 9.07. The van der Waals surface area contributed by atoms with Crippen LogP contribution in [-0.4, -0.2) is 60.2 Å². The van der Waals surface area contributed by atoms with Crippen molar-refractivity contribution in [2.24, 2.45) is 5.41 Å². The highest BCUT2D eigenvalue weighted by atomic mass is 32.2. The number of hydrogen-bond donors (Lipinski definition) is 1. The summed E-state index contributed by atoms with van der Waals surface area (Å²) in [6, 6.07) is 4.58. The van der Waals surface area contributed by atoms with Crippen LogP contribution in [0.5, 0.6) is 5.75 Å². The highest BCUT2D eigenvalue weighted by molar-refractivity contribution is 7.92. The van der Waals surface area contributed by atoms with E-state index in [1.165, 1.54) is 24.5 Å². The number of nitrogens with one attached hydrogen (secondary N) is 1. The van der Waals surface area contributed by atoms with Crippen molar-refractivity contribution in [3.63, 3.8) is 0 Å².